The predicted molar refractivity (Wildman–Crippen MR) is 124 cm³/mol. The lowest BCUT2D eigenvalue weighted by Gasteiger charge is -2.18. The summed E-state index contributed by atoms with van der Waals surface area (Å²) < 4.78 is 0. The van der Waals surface area contributed by atoms with Gasteiger partial charge in [-0.2, -0.15) is 0 Å². The number of thiazole rings is 1. The number of rotatable bonds is 6. The standard InChI is InChI=1S/C21H27N7O2S/c1-22-12-13-8-9-23-18(10-13)27-21-25-16-6-7-17(26-20(16)31-21)24-15-5-3-4-14(11-15)19(29)28-30-2/h4,10-11,22H,3,5-9,12H2,1-2H3,(H,24,26)(H,28,29)(H,23,25,27). The number of allylic oxidation sites excluding steroid dienone is 2. The van der Waals surface area contributed by atoms with Crippen molar-refractivity contribution in [1.29, 1.82) is 0 Å². The number of dihydropyridines is 1. The molecule has 0 fully saturated rings. The van der Waals surface area contributed by atoms with Crippen LogP contribution in [0.15, 0.2) is 45.1 Å². The molecule has 0 saturated carbocycles. The van der Waals surface area contributed by atoms with Crippen LogP contribution in [0.3, 0.4) is 0 Å². The lowest BCUT2D eigenvalue weighted by atomic mass is 10.0. The minimum atomic E-state index is -0.245. The molecule has 3 heterocycles. The molecule has 0 unspecified atom stereocenters. The number of anilines is 1. The number of aryl methyl sites for hydroxylation is 1. The van der Waals surface area contributed by atoms with Crippen molar-refractivity contribution in [2.45, 2.75) is 32.1 Å². The van der Waals surface area contributed by atoms with Crippen LogP contribution in [0.4, 0.5) is 10.1 Å². The summed E-state index contributed by atoms with van der Waals surface area (Å²) in [6.07, 6.45) is 10.1. The maximum Gasteiger partial charge on any atom is 0.274 e. The number of aliphatic imine (C=N–C) groups is 2. The normalized spacial score (nSPS) is 18.1. The summed E-state index contributed by atoms with van der Waals surface area (Å²) in [7, 11) is 3.38. The van der Waals surface area contributed by atoms with E-state index in [2.05, 4.69) is 32.5 Å². The molecule has 0 bridgehead atoms. The van der Waals surface area contributed by atoms with Gasteiger partial charge in [0, 0.05) is 30.8 Å². The highest BCUT2D eigenvalue weighted by Gasteiger charge is 2.20. The zero-order chi connectivity index (χ0) is 21.6. The van der Waals surface area contributed by atoms with E-state index in [9.17, 15) is 4.79 Å². The van der Waals surface area contributed by atoms with Crippen LogP contribution in [-0.4, -0.2) is 49.8 Å². The Morgan fingerprint density at radius 1 is 1.19 bits per heavy atom. The molecular formula is C21H27N7O2S. The fourth-order valence-electron chi connectivity index (χ4n) is 3.63. The zero-order valence-electron chi connectivity index (χ0n) is 17.7. The Morgan fingerprint density at radius 2 is 2.10 bits per heavy atom. The molecule has 1 amide bonds. The number of aromatic nitrogens is 1. The lowest BCUT2D eigenvalue weighted by molar-refractivity contribution is -0.127. The molecule has 31 heavy (non-hydrogen) atoms. The van der Waals surface area contributed by atoms with Gasteiger partial charge in [0.05, 0.1) is 12.8 Å². The number of hydroxylamine groups is 1. The molecule has 3 aliphatic rings. The molecule has 2 aliphatic heterocycles. The third-order valence-corrected chi connectivity index (χ3v) is 5.98. The van der Waals surface area contributed by atoms with Crippen LogP contribution >= 0.6 is 11.3 Å². The van der Waals surface area contributed by atoms with Crippen molar-refractivity contribution in [2.75, 3.05) is 32.6 Å². The molecule has 0 atom stereocenters. The summed E-state index contributed by atoms with van der Waals surface area (Å²) in [6, 6.07) is 0. The van der Waals surface area contributed by atoms with Gasteiger partial charge in [-0.05, 0) is 44.9 Å². The van der Waals surface area contributed by atoms with Gasteiger partial charge in [-0.25, -0.2) is 15.5 Å². The van der Waals surface area contributed by atoms with Crippen LogP contribution in [0.25, 0.3) is 0 Å². The molecule has 0 saturated heterocycles. The van der Waals surface area contributed by atoms with Crippen molar-refractivity contribution in [3.8, 4) is 0 Å². The second-order valence-electron chi connectivity index (χ2n) is 7.43. The molecule has 0 spiro atoms. The van der Waals surface area contributed by atoms with Gasteiger partial charge in [-0.15, -0.1) is 0 Å². The van der Waals surface area contributed by atoms with Gasteiger partial charge in [0.15, 0.2) is 5.13 Å². The first-order valence-electron chi connectivity index (χ1n) is 10.4. The molecule has 4 N–H and O–H groups in total. The summed E-state index contributed by atoms with van der Waals surface area (Å²) in [5.74, 6) is 1.50. The van der Waals surface area contributed by atoms with Gasteiger partial charge in [0.2, 0.25) is 0 Å². The maximum absolute atomic E-state index is 12.0. The summed E-state index contributed by atoms with van der Waals surface area (Å²) in [6.45, 7) is 1.66. The van der Waals surface area contributed by atoms with E-state index in [1.807, 2.05) is 19.2 Å². The largest absolute Gasteiger partial charge is 0.347 e. The number of carbonyl (C=O) groups is 1. The second-order valence-corrected chi connectivity index (χ2v) is 8.41. The topological polar surface area (TPSA) is 112 Å². The van der Waals surface area contributed by atoms with Crippen molar-refractivity contribution in [3.05, 3.63) is 40.8 Å². The summed E-state index contributed by atoms with van der Waals surface area (Å²) in [5.41, 5.74) is 6.27. The van der Waals surface area contributed by atoms with E-state index in [1.54, 1.807) is 0 Å². The molecule has 10 heteroatoms. The van der Waals surface area contributed by atoms with Crippen LogP contribution in [-0.2, 0) is 16.1 Å². The highest BCUT2D eigenvalue weighted by Crippen LogP contribution is 2.35. The van der Waals surface area contributed by atoms with Crippen LogP contribution in [0.2, 0.25) is 0 Å². The highest BCUT2D eigenvalue weighted by molar-refractivity contribution is 7.19. The lowest BCUT2D eigenvalue weighted by Crippen LogP contribution is -2.28. The van der Waals surface area contributed by atoms with Gasteiger partial charge < -0.3 is 16.0 Å². The van der Waals surface area contributed by atoms with E-state index in [1.165, 1.54) is 24.0 Å². The monoisotopic (exact) mass is 441 g/mol. The molecule has 1 aromatic rings. The number of carbonyl (C=O) groups excluding carboxylic acids is 1. The first kappa shape index (κ1) is 21.4. The molecule has 9 nitrogen and oxygen atoms in total. The number of amidine groups is 2. The van der Waals surface area contributed by atoms with E-state index in [-0.39, 0.29) is 5.91 Å². The van der Waals surface area contributed by atoms with Gasteiger partial charge in [-0.1, -0.05) is 23.0 Å². The smallest absolute Gasteiger partial charge is 0.274 e. The maximum atomic E-state index is 12.0. The van der Waals surface area contributed by atoms with Crippen LogP contribution < -0.4 is 21.4 Å². The van der Waals surface area contributed by atoms with Gasteiger partial charge in [0.1, 0.15) is 16.7 Å². The molecule has 1 aromatic heterocycles. The fraction of sp³-hybridized carbons (Fsp3) is 0.429. The number of nitrogens with zero attached hydrogens (tertiary/aromatic N) is 3. The minimum absolute atomic E-state index is 0.245. The van der Waals surface area contributed by atoms with E-state index < -0.39 is 0 Å². The fourth-order valence-corrected chi connectivity index (χ4v) is 4.55. The number of hydrogen-bond donors (Lipinski definition) is 4. The number of fused-ring (bicyclic) bond motifs is 1. The molecule has 0 aromatic carbocycles. The highest BCUT2D eigenvalue weighted by atomic mass is 32.1. The Labute approximate surface area is 185 Å². The average Bonchev–Trinajstić information content (AvgIpc) is 3.16. The first-order chi connectivity index (χ1) is 15.1. The van der Waals surface area contributed by atoms with Crippen molar-refractivity contribution >= 4 is 39.0 Å². The van der Waals surface area contributed by atoms with Crippen LogP contribution in [0.5, 0.6) is 0 Å². The zero-order valence-corrected chi connectivity index (χ0v) is 18.6. The Balaban J connectivity index is 1.42. The number of hydrogen-bond acceptors (Lipinski definition) is 9. The van der Waals surface area contributed by atoms with Gasteiger partial charge >= 0.3 is 0 Å². The van der Waals surface area contributed by atoms with Crippen molar-refractivity contribution in [1.82, 2.24) is 21.1 Å². The molecular weight excluding hydrogens is 414 g/mol. The predicted octanol–water partition coefficient (Wildman–Crippen LogP) is 2.35. The minimum Gasteiger partial charge on any atom is -0.347 e. The molecule has 0 radical (unpaired) electrons. The number of amides is 1. The molecule has 1 aliphatic carbocycles. The Morgan fingerprint density at radius 3 is 2.94 bits per heavy atom. The summed E-state index contributed by atoms with van der Waals surface area (Å²) >= 11 is 1.53. The van der Waals surface area contributed by atoms with Crippen molar-refractivity contribution in [3.63, 3.8) is 0 Å². The third-order valence-electron chi connectivity index (χ3n) is 5.08. The van der Waals surface area contributed by atoms with Crippen molar-refractivity contribution < 1.29 is 9.63 Å². The van der Waals surface area contributed by atoms with E-state index in [0.717, 1.165) is 78.4 Å². The second kappa shape index (κ2) is 9.99. The quantitative estimate of drug-likeness (QED) is 0.504. The Hall–Kier alpha value is -2.82. The number of likely N-dealkylation sites (N-methyl/N-ethyl adjacent to an activating group) is 1. The van der Waals surface area contributed by atoms with E-state index in [0.29, 0.717) is 5.57 Å². The van der Waals surface area contributed by atoms with Gasteiger partial charge in [0.25, 0.3) is 5.91 Å². The SMILES string of the molecule is CNCC1=CC(Nc2nc3c(s2)N=C(NC2=CC(C(=O)NOC)=CCC2)CC3)=NCC1. The van der Waals surface area contributed by atoms with Crippen molar-refractivity contribution in [2.24, 2.45) is 9.98 Å². The van der Waals surface area contributed by atoms with Gasteiger partial charge in [-0.3, -0.25) is 14.6 Å². The Bertz CT molecular complexity index is 1000. The first-order valence-corrected chi connectivity index (χ1v) is 11.2. The number of nitrogens with one attached hydrogen (secondary N) is 4. The van der Waals surface area contributed by atoms with E-state index >= 15 is 0 Å². The average molecular weight is 442 g/mol. The third kappa shape index (κ3) is 5.46. The summed E-state index contributed by atoms with van der Waals surface area (Å²) in [5, 5.41) is 11.7. The molecule has 164 valence electrons. The Kier molecular flexibility index (Phi) is 6.90. The van der Waals surface area contributed by atoms with E-state index in [4.69, 9.17) is 14.8 Å². The van der Waals surface area contributed by atoms with Crippen LogP contribution in [0, 0.1) is 0 Å². The van der Waals surface area contributed by atoms with Crippen LogP contribution in [0.1, 0.15) is 31.4 Å². The summed E-state index contributed by atoms with van der Waals surface area (Å²) in [4.78, 5) is 30.7. The molecule has 4 rings (SSSR count).